The predicted octanol–water partition coefficient (Wildman–Crippen LogP) is 0.850. The molecule has 2 N–H and O–H groups in total. The maximum absolute atomic E-state index is 11.4. The summed E-state index contributed by atoms with van der Waals surface area (Å²) in [6, 6.07) is 0.161. The van der Waals surface area contributed by atoms with Gasteiger partial charge in [-0.05, 0) is 25.8 Å². The van der Waals surface area contributed by atoms with E-state index in [1.54, 1.807) is 19.0 Å². The monoisotopic (exact) mass is 230 g/mol. The minimum atomic E-state index is -0.260. The summed E-state index contributed by atoms with van der Waals surface area (Å²) >= 11 is 0. The van der Waals surface area contributed by atoms with Crippen molar-refractivity contribution in [2.45, 2.75) is 45.8 Å². The average molecular weight is 230 g/mol. The molecule has 0 saturated carbocycles. The maximum Gasteiger partial charge on any atom is 0.223 e. The van der Waals surface area contributed by atoms with Crippen molar-refractivity contribution in [3.8, 4) is 0 Å². The van der Waals surface area contributed by atoms with Crippen LogP contribution in [0.25, 0.3) is 0 Å². The van der Waals surface area contributed by atoms with Gasteiger partial charge in [-0.15, -0.1) is 0 Å². The highest BCUT2D eigenvalue weighted by Gasteiger charge is 2.12. The van der Waals surface area contributed by atoms with E-state index in [4.69, 9.17) is 0 Å². The molecule has 2 atom stereocenters. The first-order chi connectivity index (χ1) is 7.34. The Morgan fingerprint density at radius 1 is 1.31 bits per heavy atom. The highest BCUT2D eigenvalue weighted by molar-refractivity contribution is 5.76. The van der Waals surface area contributed by atoms with Gasteiger partial charge in [0.15, 0.2) is 0 Å². The number of rotatable bonds is 7. The Hall–Kier alpha value is -0.610. The minimum absolute atomic E-state index is 0.129. The molecule has 0 aromatic heterocycles. The molecule has 0 spiro atoms. The van der Waals surface area contributed by atoms with Crippen molar-refractivity contribution in [3.05, 3.63) is 0 Å². The highest BCUT2D eigenvalue weighted by Crippen LogP contribution is 2.04. The SMILES string of the molecule is CC(CC(=O)N(C)C)NCCC(O)C(C)C. The Balaban J connectivity index is 3.66. The second kappa shape index (κ2) is 7.63. The Labute approximate surface area is 99.0 Å². The summed E-state index contributed by atoms with van der Waals surface area (Å²) < 4.78 is 0. The molecule has 0 rings (SSSR count). The van der Waals surface area contributed by atoms with Crippen molar-refractivity contribution in [2.75, 3.05) is 20.6 Å². The molecule has 4 heteroatoms. The average Bonchev–Trinajstić information content (AvgIpc) is 2.16. The summed E-state index contributed by atoms with van der Waals surface area (Å²) in [5.41, 5.74) is 0. The van der Waals surface area contributed by atoms with Crippen LogP contribution in [0.15, 0.2) is 0 Å². The smallest absolute Gasteiger partial charge is 0.223 e. The number of hydrogen-bond acceptors (Lipinski definition) is 3. The van der Waals surface area contributed by atoms with Gasteiger partial charge < -0.3 is 15.3 Å². The van der Waals surface area contributed by atoms with E-state index in [1.807, 2.05) is 20.8 Å². The number of amides is 1. The van der Waals surface area contributed by atoms with Gasteiger partial charge in [0.05, 0.1) is 6.10 Å². The Kier molecular flexibility index (Phi) is 7.34. The van der Waals surface area contributed by atoms with E-state index in [1.165, 1.54) is 0 Å². The third kappa shape index (κ3) is 6.80. The third-order valence-electron chi connectivity index (χ3n) is 2.68. The first-order valence-corrected chi connectivity index (χ1v) is 5.96. The third-order valence-corrected chi connectivity index (χ3v) is 2.68. The van der Waals surface area contributed by atoms with E-state index in [2.05, 4.69) is 5.32 Å². The zero-order chi connectivity index (χ0) is 12.7. The lowest BCUT2D eigenvalue weighted by atomic mass is 10.0. The van der Waals surface area contributed by atoms with Crippen LogP contribution in [0.5, 0.6) is 0 Å². The van der Waals surface area contributed by atoms with E-state index in [0.29, 0.717) is 12.3 Å². The fourth-order valence-corrected chi connectivity index (χ4v) is 1.33. The molecule has 0 saturated heterocycles. The van der Waals surface area contributed by atoms with Gasteiger partial charge >= 0.3 is 0 Å². The van der Waals surface area contributed by atoms with Gasteiger partial charge in [0.25, 0.3) is 0 Å². The van der Waals surface area contributed by atoms with Gasteiger partial charge in [-0.1, -0.05) is 13.8 Å². The van der Waals surface area contributed by atoms with E-state index in [0.717, 1.165) is 13.0 Å². The molecule has 96 valence electrons. The van der Waals surface area contributed by atoms with Gasteiger partial charge in [-0.2, -0.15) is 0 Å². The van der Waals surface area contributed by atoms with Crippen molar-refractivity contribution in [1.29, 1.82) is 0 Å². The summed E-state index contributed by atoms with van der Waals surface area (Å²) in [4.78, 5) is 13.0. The molecule has 1 amide bonds. The summed E-state index contributed by atoms with van der Waals surface area (Å²) in [5.74, 6) is 0.421. The lowest BCUT2D eigenvalue weighted by Gasteiger charge is -2.19. The van der Waals surface area contributed by atoms with Crippen LogP contribution in [0.3, 0.4) is 0 Å². The molecule has 0 aliphatic rings. The topological polar surface area (TPSA) is 52.6 Å². The van der Waals surface area contributed by atoms with Crippen molar-refractivity contribution in [1.82, 2.24) is 10.2 Å². The van der Waals surface area contributed by atoms with Crippen molar-refractivity contribution in [3.63, 3.8) is 0 Å². The van der Waals surface area contributed by atoms with Crippen molar-refractivity contribution in [2.24, 2.45) is 5.92 Å². The summed E-state index contributed by atoms with van der Waals surface area (Å²) in [6.45, 7) is 6.75. The fourth-order valence-electron chi connectivity index (χ4n) is 1.33. The number of aliphatic hydroxyl groups excluding tert-OH is 1. The summed E-state index contributed by atoms with van der Waals surface area (Å²) in [5, 5.41) is 12.8. The molecule has 0 aromatic rings. The highest BCUT2D eigenvalue weighted by atomic mass is 16.3. The van der Waals surface area contributed by atoms with Gasteiger partial charge in [0, 0.05) is 26.6 Å². The quantitative estimate of drug-likeness (QED) is 0.682. The van der Waals surface area contributed by atoms with Crippen LogP contribution in [-0.2, 0) is 4.79 Å². The van der Waals surface area contributed by atoms with Gasteiger partial charge in [-0.25, -0.2) is 0 Å². The second-order valence-electron chi connectivity index (χ2n) is 4.95. The molecule has 2 unspecified atom stereocenters. The second-order valence-corrected chi connectivity index (χ2v) is 4.95. The Morgan fingerprint density at radius 3 is 2.31 bits per heavy atom. The molecule has 0 heterocycles. The first-order valence-electron chi connectivity index (χ1n) is 5.96. The normalized spacial score (nSPS) is 14.9. The molecule has 0 bridgehead atoms. The van der Waals surface area contributed by atoms with Gasteiger partial charge in [0.2, 0.25) is 5.91 Å². The molecule has 0 fully saturated rings. The number of nitrogens with zero attached hydrogens (tertiary/aromatic N) is 1. The van der Waals surface area contributed by atoms with E-state index in [-0.39, 0.29) is 18.1 Å². The zero-order valence-corrected chi connectivity index (χ0v) is 11.2. The molecule has 0 radical (unpaired) electrons. The molecular weight excluding hydrogens is 204 g/mol. The van der Waals surface area contributed by atoms with E-state index < -0.39 is 0 Å². The number of carbonyl (C=O) groups excluding carboxylic acids is 1. The predicted molar refractivity (Wildman–Crippen MR) is 66.2 cm³/mol. The number of nitrogens with one attached hydrogen (secondary N) is 1. The van der Waals surface area contributed by atoms with Gasteiger partial charge in [-0.3, -0.25) is 4.79 Å². The number of carbonyl (C=O) groups is 1. The largest absolute Gasteiger partial charge is 0.393 e. The molecule has 0 aliphatic heterocycles. The molecule has 0 aromatic carbocycles. The number of hydrogen-bond donors (Lipinski definition) is 2. The minimum Gasteiger partial charge on any atom is -0.393 e. The zero-order valence-electron chi connectivity index (χ0n) is 11.2. The Bertz CT molecular complexity index is 205. The number of aliphatic hydroxyl groups is 1. The molecular formula is C12H26N2O2. The maximum atomic E-state index is 11.4. The van der Waals surface area contributed by atoms with Crippen LogP contribution in [0.1, 0.15) is 33.6 Å². The molecule has 0 aliphatic carbocycles. The van der Waals surface area contributed by atoms with Gasteiger partial charge in [0.1, 0.15) is 0 Å². The van der Waals surface area contributed by atoms with E-state index in [9.17, 15) is 9.90 Å². The lowest BCUT2D eigenvalue weighted by Crippen LogP contribution is -2.35. The van der Waals surface area contributed by atoms with Crippen LogP contribution in [0, 0.1) is 5.92 Å². The summed E-state index contributed by atoms with van der Waals surface area (Å²) in [7, 11) is 3.52. The van der Waals surface area contributed by atoms with Crippen LogP contribution >= 0.6 is 0 Å². The van der Waals surface area contributed by atoms with Crippen LogP contribution in [-0.4, -0.2) is 48.7 Å². The van der Waals surface area contributed by atoms with Crippen LogP contribution in [0.2, 0.25) is 0 Å². The molecule has 16 heavy (non-hydrogen) atoms. The first kappa shape index (κ1) is 15.4. The van der Waals surface area contributed by atoms with Crippen molar-refractivity contribution < 1.29 is 9.90 Å². The van der Waals surface area contributed by atoms with E-state index >= 15 is 0 Å². The summed E-state index contributed by atoms with van der Waals surface area (Å²) in [6.07, 6.45) is 0.979. The lowest BCUT2D eigenvalue weighted by molar-refractivity contribution is -0.129. The van der Waals surface area contributed by atoms with Crippen LogP contribution < -0.4 is 5.32 Å². The molecule has 4 nitrogen and oxygen atoms in total. The fraction of sp³-hybridized carbons (Fsp3) is 0.917. The van der Waals surface area contributed by atoms with Crippen molar-refractivity contribution >= 4 is 5.91 Å². The standard InChI is InChI=1S/C12H26N2O2/c1-9(2)11(15)6-7-13-10(3)8-12(16)14(4)5/h9-11,13,15H,6-8H2,1-5H3. The van der Waals surface area contributed by atoms with Crippen LogP contribution in [0.4, 0.5) is 0 Å². The Morgan fingerprint density at radius 2 is 1.88 bits per heavy atom.